The zero-order valence-electron chi connectivity index (χ0n) is 29.8. The van der Waals surface area contributed by atoms with Gasteiger partial charge in [-0.3, -0.25) is 4.79 Å². The van der Waals surface area contributed by atoms with Crippen molar-refractivity contribution in [2.75, 3.05) is 20.3 Å². The van der Waals surface area contributed by atoms with Crippen molar-refractivity contribution in [2.24, 2.45) is 11.8 Å². The van der Waals surface area contributed by atoms with Crippen molar-refractivity contribution in [3.63, 3.8) is 0 Å². The number of hydrogen-bond acceptors (Lipinski definition) is 10. The topological polar surface area (TPSA) is 134 Å². The molecule has 0 saturated carbocycles. The Morgan fingerprint density at radius 2 is 1.68 bits per heavy atom. The number of ether oxygens (including phenoxy) is 3. The van der Waals surface area contributed by atoms with Gasteiger partial charge in [0, 0.05) is 24.4 Å². The van der Waals surface area contributed by atoms with Gasteiger partial charge in [0.25, 0.3) is 0 Å². The van der Waals surface area contributed by atoms with E-state index in [2.05, 4.69) is 35.3 Å². The van der Waals surface area contributed by atoms with Crippen molar-refractivity contribution < 1.29 is 28.9 Å². The highest BCUT2D eigenvalue weighted by atomic mass is 32.1. The Balaban J connectivity index is 1.28. The lowest BCUT2D eigenvalue weighted by Gasteiger charge is -2.32. The largest absolute Gasteiger partial charge is 0.443 e. The van der Waals surface area contributed by atoms with E-state index in [1.165, 1.54) is 0 Å². The highest BCUT2D eigenvalue weighted by Crippen LogP contribution is 2.33. The molecule has 4 N–H and O–H groups in total. The maximum absolute atomic E-state index is 14.0. The lowest BCUT2D eigenvalue weighted by Crippen LogP contribution is -2.57. The van der Waals surface area contributed by atoms with E-state index in [0.29, 0.717) is 38.5 Å². The summed E-state index contributed by atoms with van der Waals surface area (Å²) >= 11 is 1.65. The molecule has 272 valence electrons. The van der Waals surface area contributed by atoms with Crippen LogP contribution in [0.2, 0.25) is 0 Å². The number of alkyl carbamates (subject to hydrolysis) is 1. The van der Waals surface area contributed by atoms with E-state index in [4.69, 9.17) is 19.2 Å². The molecule has 5 rings (SSSR count). The number of aliphatic hydroxyl groups is 1. The molecule has 11 nitrogen and oxygen atoms in total. The third-order valence-electron chi connectivity index (χ3n) is 9.28. The molecule has 2 fully saturated rings. The molecule has 3 aromatic rings. The number of hydrazine groups is 1. The number of fused-ring (bicyclic) bond motifs is 1. The summed E-state index contributed by atoms with van der Waals surface area (Å²) in [6.07, 6.45) is -0.392. The molecule has 1 aromatic heterocycles. The molecule has 0 aliphatic carbocycles. The summed E-state index contributed by atoms with van der Waals surface area (Å²) in [7, 11) is 1.91. The molecule has 7 atom stereocenters. The average Bonchev–Trinajstić information content (AvgIpc) is 3.83. The zero-order chi connectivity index (χ0) is 35.6. The molecule has 2 unspecified atom stereocenters. The lowest BCUT2D eigenvalue weighted by molar-refractivity contribution is -0.127. The fourth-order valence-corrected chi connectivity index (χ4v) is 7.38. The van der Waals surface area contributed by atoms with Crippen molar-refractivity contribution in [2.45, 2.75) is 102 Å². The summed E-state index contributed by atoms with van der Waals surface area (Å²) < 4.78 is 17.1. The van der Waals surface area contributed by atoms with Gasteiger partial charge in [0.1, 0.15) is 12.1 Å². The molecule has 2 aliphatic heterocycles. The number of benzene rings is 2. The highest BCUT2D eigenvalue weighted by molar-refractivity contribution is 7.09. The smallest absolute Gasteiger partial charge is 0.407 e. The van der Waals surface area contributed by atoms with Crippen LogP contribution < -0.4 is 16.1 Å². The minimum absolute atomic E-state index is 0.0185. The normalized spacial score (nSPS) is 21.2. The lowest BCUT2D eigenvalue weighted by atomic mass is 9.93. The number of nitrogens with one attached hydrogen (secondary N) is 3. The Morgan fingerprint density at radius 1 is 1.00 bits per heavy atom. The predicted molar refractivity (Wildman–Crippen MR) is 193 cm³/mol. The van der Waals surface area contributed by atoms with Crippen molar-refractivity contribution in [3.8, 4) is 0 Å². The quantitative estimate of drug-likeness (QED) is 0.146. The van der Waals surface area contributed by atoms with Crippen LogP contribution in [0.15, 0.2) is 66.0 Å². The molecule has 2 aliphatic rings. The molecule has 12 heteroatoms. The SMILES string of the molecule is CC(C)c1nc(CN(C)N[C@H](C(=O)N[C@@H](Cc2ccccc2)[C@@H](O)C[C@H](Cc2ccccc2)NC(=O)O[C@H]2COC3OCCC32)C(C)C)cs1. The summed E-state index contributed by atoms with van der Waals surface area (Å²) in [6.45, 7) is 9.66. The average molecular weight is 708 g/mol. The van der Waals surface area contributed by atoms with Crippen LogP contribution in [0.3, 0.4) is 0 Å². The Hall–Kier alpha value is -3.39. The number of aliphatic hydroxyl groups excluding tert-OH is 1. The number of amides is 2. The van der Waals surface area contributed by atoms with Gasteiger partial charge in [-0.05, 0) is 42.7 Å². The Bertz CT molecular complexity index is 1490. The Morgan fingerprint density at radius 3 is 2.32 bits per heavy atom. The van der Waals surface area contributed by atoms with E-state index in [1.54, 1.807) is 11.3 Å². The van der Waals surface area contributed by atoms with Gasteiger partial charge < -0.3 is 30.0 Å². The van der Waals surface area contributed by atoms with Crippen LogP contribution in [0.4, 0.5) is 4.79 Å². The van der Waals surface area contributed by atoms with Crippen LogP contribution in [-0.4, -0.2) is 84.0 Å². The van der Waals surface area contributed by atoms with Gasteiger partial charge in [0.15, 0.2) is 6.29 Å². The van der Waals surface area contributed by atoms with Crippen molar-refractivity contribution >= 4 is 23.3 Å². The third kappa shape index (κ3) is 10.8. The van der Waals surface area contributed by atoms with Gasteiger partial charge in [-0.2, -0.15) is 0 Å². The fraction of sp³-hybridized carbons (Fsp3) is 0.553. The Labute approximate surface area is 300 Å². The molecule has 0 radical (unpaired) electrons. The standard InChI is InChI=1S/C38H53N5O6S/c1-24(2)34(42-43(5)21-29-23-50-36(39-29)25(3)4)35(45)41-31(19-27-14-10-7-11-15-27)32(44)20-28(18-26-12-8-6-9-13-26)40-38(46)49-33-22-48-37-30(33)16-17-47-37/h6-15,23-25,28,30-34,37,42,44H,16-22H2,1-5H3,(H,40,46)(H,41,45)/t28-,30?,31-,32-,33-,34-,37?/m0/s1. The molecular formula is C38H53N5O6S. The number of carbonyl (C=O) groups is 2. The number of hydrogen-bond donors (Lipinski definition) is 4. The molecule has 50 heavy (non-hydrogen) atoms. The van der Waals surface area contributed by atoms with Gasteiger partial charge in [0.2, 0.25) is 5.91 Å². The van der Waals surface area contributed by atoms with E-state index in [0.717, 1.165) is 28.2 Å². The minimum atomic E-state index is -0.981. The second-order valence-corrected chi connectivity index (χ2v) is 15.0. The van der Waals surface area contributed by atoms with Crippen molar-refractivity contribution in [1.29, 1.82) is 0 Å². The van der Waals surface area contributed by atoms with E-state index < -0.39 is 30.3 Å². The van der Waals surface area contributed by atoms with Crippen LogP contribution in [0.25, 0.3) is 0 Å². The maximum Gasteiger partial charge on any atom is 0.407 e. The second kappa shape index (κ2) is 18.2. The minimum Gasteiger partial charge on any atom is -0.443 e. The molecule has 3 heterocycles. The molecule has 2 amide bonds. The van der Waals surface area contributed by atoms with Gasteiger partial charge >= 0.3 is 6.09 Å². The first kappa shape index (κ1) is 37.9. The summed E-state index contributed by atoms with van der Waals surface area (Å²) in [6, 6.07) is 18.0. The molecule has 0 bridgehead atoms. The van der Waals surface area contributed by atoms with E-state index in [1.807, 2.05) is 86.6 Å². The van der Waals surface area contributed by atoms with Gasteiger partial charge in [-0.25, -0.2) is 20.2 Å². The van der Waals surface area contributed by atoms with Crippen LogP contribution >= 0.6 is 11.3 Å². The first-order valence-electron chi connectivity index (χ1n) is 17.7. The van der Waals surface area contributed by atoms with Gasteiger partial charge in [-0.15, -0.1) is 11.3 Å². The third-order valence-corrected chi connectivity index (χ3v) is 10.5. The number of thiazole rings is 1. The van der Waals surface area contributed by atoms with Gasteiger partial charge in [-0.1, -0.05) is 88.4 Å². The van der Waals surface area contributed by atoms with Crippen LogP contribution in [-0.2, 0) is 38.4 Å². The monoisotopic (exact) mass is 707 g/mol. The van der Waals surface area contributed by atoms with Crippen LogP contribution in [0.5, 0.6) is 0 Å². The number of nitrogens with zero attached hydrogens (tertiary/aromatic N) is 2. The van der Waals surface area contributed by atoms with Crippen LogP contribution in [0.1, 0.15) is 68.3 Å². The van der Waals surface area contributed by atoms with Gasteiger partial charge in [0.05, 0.1) is 48.5 Å². The summed E-state index contributed by atoms with van der Waals surface area (Å²) in [5.74, 6) is 0.124. The number of aromatic nitrogens is 1. The molecule has 2 saturated heterocycles. The number of carbonyl (C=O) groups excluding carboxylic acids is 2. The predicted octanol–water partition coefficient (Wildman–Crippen LogP) is 4.80. The highest BCUT2D eigenvalue weighted by Gasteiger charge is 2.44. The molecule has 0 spiro atoms. The molecule has 2 aromatic carbocycles. The maximum atomic E-state index is 14.0. The molecular weight excluding hydrogens is 655 g/mol. The fourth-order valence-electron chi connectivity index (χ4n) is 6.55. The Kier molecular flexibility index (Phi) is 13.8. The van der Waals surface area contributed by atoms with E-state index >= 15 is 0 Å². The van der Waals surface area contributed by atoms with E-state index in [9.17, 15) is 14.7 Å². The van der Waals surface area contributed by atoms with Crippen molar-refractivity contribution in [1.82, 2.24) is 26.1 Å². The first-order valence-corrected chi connectivity index (χ1v) is 18.6. The summed E-state index contributed by atoms with van der Waals surface area (Å²) in [5.41, 5.74) is 6.31. The zero-order valence-corrected chi connectivity index (χ0v) is 30.6. The van der Waals surface area contributed by atoms with Crippen molar-refractivity contribution in [3.05, 3.63) is 87.9 Å². The summed E-state index contributed by atoms with van der Waals surface area (Å²) in [5, 5.41) is 23.1. The van der Waals surface area contributed by atoms with Crippen LogP contribution in [0, 0.1) is 11.8 Å². The second-order valence-electron chi connectivity index (χ2n) is 14.1. The summed E-state index contributed by atoms with van der Waals surface area (Å²) in [4.78, 5) is 32.0. The first-order chi connectivity index (χ1) is 24.0. The number of rotatable bonds is 17. The van der Waals surface area contributed by atoms with E-state index in [-0.39, 0.29) is 36.6 Å².